The average molecular weight is 190 g/mol. The molecule has 0 bridgehead atoms. The first-order valence-corrected chi connectivity index (χ1v) is 5.21. The third kappa shape index (κ3) is 2.00. The molecule has 0 heterocycles. The second-order valence-electron chi connectivity index (χ2n) is 4.31. The molecule has 0 atom stereocenters. The maximum absolute atomic E-state index is 3.53. The number of hydrogen-bond acceptors (Lipinski definition) is 2. The lowest BCUT2D eigenvalue weighted by Gasteiger charge is -2.15. The quantitative estimate of drug-likeness (QED) is 0.788. The molecule has 1 aliphatic rings. The van der Waals surface area contributed by atoms with E-state index in [0.29, 0.717) is 0 Å². The fourth-order valence-corrected chi connectivity index (χ4v) is 1.54. The topological polar surface area (TPSA) is 15.3 Å². The second kappa shape index (κ2) is 3.52. The van der Waals surface area contributed by atoms with Crippen molar-refractivity contribution < 1.29 is 0 Å². The SMILES string of the molecule is Cc1cc(N(C)C)ccc1NC1CC1. The maximum Gasteiger partial charge on any atom is 0.0373 e. The minimum atomic E-state index is 0.735. The molecule has 0 aliphatic heterocycles. The lowest BCUT2D eigenvalue weighted by Crippen LogP contribution is -2.09. The van der Waals surface area contributed by atoms with Gasteiger partial charge in [0.05, 0.1) is 0 Å². The third-order valence-electron chi connectivity index (χ3n) is 2.66. The molecule has 0 radical (unpaired) electrons. The number of hydrogen-bond donors (Lipinski definition) is 1. The highest BCUT2D eigenvalue weighted by atomic mass is 15.1. The Labute approximate surface area is 85.9 Å². The number of nitrogens with one attached hydrogen (secondary N) is 1. The Morgan fingerprint density at radius 2 is 2.00 bits per heavy atom. The molecule has 14 heavy (non-hydrogen) atoms. The van der Waals surface area contributed by atoms with Crippen LogP contribution < -0.4 is 10.2 Å². The minimum Gasteiger partial charge on any atom is -0.382 e. The molecule has 1 saturated carbocycles. The molecule has 2 nitrogen and oxygen atoms in total. The molecule has 0 saturated heterocycles. The van der Waals surface area contributed by atoms with E-state index in [-0.39, 0.29) is 0 Å². The number of aryl methyl sites for hydroxylation is 1. The smallest absolute Gasteiger partial charge is 0.0373 e. The number of nitrogens with zero attached hydrogens (tertiary/aromatic N) is 1. The van der Waals surface area contributed by atoms with Crippen LogP contribution in [0, 0.1) is 6.92 Å². The molecule has 1 aromatic rings. The van der Waals surface area contributed by atoms with Gasteiger partial charge in [0.25, 0.3) is 0 Å². The highest BCUT2D eigenvalue weighted by molar-refractivity contribution is 5.60. The summed E-state index contributed by atoms with van der Waals surface area (Å²) in [5.74, 6) is 0. The van der Waals surface area contributed by atoms with Crippen molar-refractivity contribution in [3.05, 3.63) is 23.8 Å². The van der Waals surface area contributed by atoms with Gasteiger partial charge in [-0.1, -0.05) is 0 Å². The summed E-state index contributed by atoms with van der Waals surface area (Å²) in [5, 5.41) is 3.53. The van der Waals surface area contributed by atoms with Crippen molar-refractivity contribution in [1.82, 2.24) is 0 Å². The first-order chi connectivity index (χ1) is 6.66. The molecule has 1 aliphatic carbocycles. The van der Waals surface area contributed by atoms with Crippen molar-refractivity contribution in [3.63, 3.8) is 0 Å². The average Bonchev–Trinajstić information content (AvgIpc) is 2.92. The zero-order valence-electron chi connectivity index (χ0n) is 9.17. The van der Waals surface area contributed by atoms with E-state index in [4.69, 9.17) is 0 Å². The van der Waals surface area contributed by atoms with Gasteiger partial charge < -0.3 is 10.2 Å². The molecule has 0 spiro atoms. The summed E-state index contributed by atoms with van der Waals surface area (Å²) < 4.78 is 0. The number of anilines is 2. The molecular formula is C12H18N2. The van der Waals surface area contributed by atoms with E-state index in [9.17, 15) is 0 Å². The summed E-state index contributed by atoms with van der Waals surface area (Å²) in [7, 11) is 4.14. The zero-order chi connectivity index (χ0) is 10.1. The van der Waals surface area contributed by atoms with Crippen molar-refractivity contribution in [3.8, 4) is 0 Å². The van der Waals surface area contributed by atoms with Gasteiger partial charge in [0.1, 0.15) is 0 Å². The van der Waals surface area contributed by atoms with E-state index in [0.717, 1.165) is 6.04 Å². The third-order valence-corrected chi connectivity index (χ3v) is 2.66. The van der Waals surface area contributed by atoms with Crippen LogP contribution in [-0.4, -0.2) is 20.1 Å². The first kappa shape index (κ1) is 9.38. The molecule has 1 aromatic carbocycles. The van der Waals surface area contributed by atoms with Gasteiger partial charge in [0, 0.05) is 31.5 Å². The van der Waals surface area contributed by atoms with E-state index in [1.807, 2.05) is 0 Å². The van der Waals surface area contributed by atoms with E-state index >= 15 is 0 Å². The normalized spacial score (nSPS) is 15.4. The van der Waals surface area contributed by atoms with Gasteiger partial charge in [0.15, 0.2) is 0 Å². The van der Waals surface area contributed by atoms with Crippen LogP contribution in [0.15, 0.2) is 18.2 Å². The standard InChI is InChI=1S/C12H18N2/c1-9-8-11(14(2)3)6-7-12(9)13-10-4-5-10/h6-8,10,13H,4-5H2,1-3H3. The largest absolute Gasteiger partial charge is 0.382 e. The van der Waals surface area contributed by atoms with Gasteiger partial charge in [-0.25, -0.2) is 0 Å². The van der Waals surface area contributed by atoms with Crippen molar-refractivity contribution in [2.45, 2.75) is 25.8 Å². The van der Waals surface area contributed by atoms with Crippen LogP contribution in [0.1, 0.15) is 18.4 Å². The summed E-state index contributed by atoms with van der Waals surface area (Å²) in [5.41, 5.74) is 3.89. The Balaban J connectivity index is 2.17. The first-order valence-electron chi connectivity index (χ1n) is 5.21. The fraction of sp³-hybridized carbons (Fsp3) is 0.500. The Hall–Kier alpha value is -1.18. The van der Waals surface area contributed by atoms with Crippen LogP contribution in [0.4, 0.5) is 11.4 Å². The van der Waals surface area contributed by atoms with Crippen molar-refractivity contribution in [1.29, 1.82) is 0 Å². The molecule has 76 valence electrons. The zero-order valence-corrected chi connectivity index (χ0v) is 9.17. The summed E-state index contributed by atoms with van der Waals surface area (Å²) in [6.07, 6.45) is 2.66. The molecular weight excluding hydrogens is 172 g/mol. The predicted molar refractivity (Wildman–Crippen MR) is 62.2 cm³/mol. The maximum atomic E-state index is 3.53. The second-order valence-corrected chi connectivity index (χ2v) is 4.31. The van der Waals surface area contributed by atoms with Crippen LogP contribution >= 0.6 is 0 Å². The van der Waals surface area contributed by atoms with E-state index in [2.05, 4.69) is 49.4 Å². The van der Waals surface area contributed by atoms with Crippen LogP contribution in [0.2, 0.25) is 0 Å². The molecule has 0 amide bonds. The lowest BCUT2D eigenvalue weighted by molar-refractivity contribution is 1.11. The number of benzene rings is 1. The highest BCUT2D eigenvalue weighted by Crippen LogP contribution is 2.28. The Kier molecular flexibility index (Phi) is 2.36. The molecule has 1 fully saturated rings. The Bertz CT molecular complexity index is 327. The molecule has 1 N–H and O–H groups in total. The summed E-state index contributed by atoms with van der Waals surface area (Å²) in [6, 6.07) is 7.31. The molecule has 2 heteroatoms. The van der Waals surface area contributed by atoms with Crippen molar-refractivity contribution >= 4 is 11.4 Å². The minimum absolute atomic E-state index is 0.735. The van der Waals surface area contributed by atoms with Gasteiger partial charge in [0.2, 0.25) is 0 Å². The predicted octanol–water partition coefficient (Wildman–Crippen LogP) is 2.64. The molecule has 0 aromatic heterocycles. The number of rotatable bonds is 3. The van der Waals surface area contributed by atoms with Gasteiger partial charge >= 0.3 is 0 Å². The summed E-state index contributed by atoms with van der Waals surface area (Å²) >= 11 is 0. The van der Waals surface area contributed by atoms with Gasteiger partial charge in [-0.05, 0) is 43.5 Å². The monoisotopic (exact) mass is 190 g/mol. The molecule has 2 rings (SSSR count). The molecule has 0 unspecified atom stereocenters. The van der Waals surface area contributed by atoms with Gasteiger partial charge in [-0.15, -0.1) is 0 Å². The van der Waals surface area contributed by atoms with E-state index in [1.165, 1.54) is 29.8 Å². The lowest BCUT2D eigenvalue weighted by atomic mass is 10.1. The van der Waals surface area contributed by atoms with E-state index in [1.54, 1.807) is 0 Å². The highest BCUT2D eigenvalue weighted by Gasteiger charge is 2.21. The van der Waals surface area contributed by atoms with Crippen molar-refractivity contribution in [2.24, 2.45) is 0 Å². The Morgan fingerprint density at radius 1 is 1.29 bits per heavy atom. The fourth-order valence-electron chi connectivity index (χ4n) is 1.54. The van der Waals surface area contributed by atoms with Crippen LogP contribution in [-0.2, 0) is 0 Å². The van der Waals surface area contributed by atoms with Gasteiger partial charge in [-0.3, -0.25) is 0 Å². The summed E-state index contributed by atoms with van der Waals surface area (Å²) in [6.45, 7) is 2.16. The van der Waals surface area contributed by atoms with Crippen LogP contribution in [0.3, 0.4) is 0 Å². The van der Waals surface area contributed by atoms with Crippen LogP contribution in [0.25, 0.3) is 0 Å². The van der Waals surface area contributed by atoms with E-state index < -0.39 is 0 Å². The Morgan fingerprint density at radius 3 is 2.50 bits per heavy atom. The van der Waals surface area contributed by atoms with Crippen molar-refractivity contribution in [2.75, 3.05) is 24.3 Å². The van der Waals surface area contributed by atoms with Crippen LogP contribution in [0.5, 0.6) is 0 Å². The summed E-state index contributed by atoms with van der Waals surface area (Å²) in [4.78, 5) is 2.13. The van der Waals surface area contributed by atoms with Gasteiger partial charge in [-0.2, -0.15) is 0 Å².